The standard InChI is InChI=1S/C19H23NOS/c1-14(2)22-18-12-8-7-11-17(18)19(21)20-13-15(3)16-9-5-4-6-10-16/h4-12,14-15H,13H2,1-3H3,(H,20,21)/t15-/m1/s1. The third-order valence-corrected chi connectivity index (χ3v) is 4.51. The van der Waals surface area contributed by atoms with Crippen LogP contribution in [0, 0.1) is 0 Å². The van der Waals surface area contributed by atoms with E-state index in [1.807, 2.05) is 42.5 Å². The number of carbonyl (C=O) groups excluding carboxylic acids is 1. The summed E-state index contributed by atoms with van der Waals surface area (Å²) in [6.45, 7) is 7.04. The number of carbonyl (C=O) groups is 1. The Hall–Kier alpha value is -1.74. The van der Waals surface area contributed by atoms with Crippen LogP contribution in [0.3, 0.4) is 0 Å². The quantitative estimate of drug-likeness (QED) is 0.782. The van der Waals surface area contributed by atoms with Crippen LogP contribution in [-0.2, 0) is 0 Å². The van der Waals surface area contributed by atoms with Crippen molar-refractivity contribution in [2.75, 3.05) is 6.54 Å². The molecule has 1 atom stereocenters. The first-order valence-electron chi connectivity index (χ1n) is 7.66. The molecule has 0 radical (unpaired) electrons. The highest BCUT2D eigenvalue weighted by Gasteiger charge is 2.13. The van der Waals surface area contributed by atoms with Gasteiger partial charge < -0.3 is 5.32 Å². The molecule has 0 aliphatic heterocycles. The van der Waals surface area contributed by atoms with Gasteiger partial charge in [-0.3, -0.25) is 4.79 Å². The highest BCUT2D eigenvalue weighted by molar-refractivity contribution is 8.00. The first kappa shape index (κ1) is 16.6. The zero-order chi connectivity index (χ0) is 15.9. The molecule has 3 heteroatoms. The molecule has 116 valence electrons. The SMILES string of the molecule is CC(C)Sc1ccccc1C(=O)NC[C@@H](C)c1ccccc1. The maximum absolute atomic E-state index is 12.5. The van der Waals surface area contributed by atoms with E-state index >= 15 is 0 Å². The summed E-state index contributed by atoms with van der Waals surface area (Å²) in [5.41, 5.74) is 2.01. The van der Waals surface area contributed by atoms with Crippen molar-refractivity contribution in [2.45, 2.75) is 36.8 Å². The lowest BCUT2D eigenvalue weighted by Crippen LogP contribution is -2.28. The summed E-state index contributed by atoms with van der Waals surface area (Å²) in [4.78, 5) is 13.5. The van der Waals surface area contributed by atoms with E-state index < -0.39 is 0 Å². The van der Waals surface area contributed by atoms with Crippen molar-refractivity contribution in [2.24, 2.45) is 0 Å². The Labute approximate surface area is 137 Å². The average molecular weight is 313 g/mol. The highest BCUT2D eigenvalue weighted by Crippen LogP contribution is 2.26. The van der Waals surface area contributed by atoms with Crippen LogP contribution in [0.15, 0.2) is 59.5 Å². The van der Waals surface area contributed by atoms with E-state index in [1.54, 1.807) is 11.8 Å². The van der Waals surface area contributed by atoms with Crippen LogP contribution in [0.1, 0.15) is 42.6 Å². The zero-order valence-electron chi connectivity index (χ0n) is 13.4. The van der Waals surface area contributed by atoms with Gasteiger partial charge in [-0.25, -0.2) is 0 Å². The Morgan fingerprint density at radius 1 is 1.00 bits per heavy atom. The van der Waals surface area contributed by atoms with Gasteiger partial charge in [0, 0.05) is 16.7 Å². The second-order valence-corrected chi connectivity index (χ2v) is 7.30. The molecule has 0 aromatic heterocycles. The molecule has 0 heterocycles. The van der Waals surface area contributed by atoms with E-state index in [2.05, 4.69) is 38.2 Å². The minimum Gasteiger partial charge on any atom is -0.351 e. The van der Waals surface area contributed by atoms with E-state index in [-0.39, 0.29) is 5.91 Å². The van der Waals surface area contributed by atoms with Gasteiger partial charge in [-0.05, 0) is 23.6 Å². The van der Waals surface area contributed by atoms with Crippen LogP contribution in [0.25, 0.3) is 0 Å². The maximum Gasteiger partial charge on any atom is 0.252 e. The molecule has 0 saturated heterocycles. The van der Waals surface area contributed by atoms with Crippen LogP contribution in [-0.4, -0.2) is 17.7 Å². The third kappa shape index (κ3) is 4.63. The van der Waals surface area contributed by atoms with Crippen molar-refractivity contribution in [1.29, 1.82) is 0 Å². The smallest absolute Gasteiger partial charge is 0.252 e. The first-order chi connectivity index (χ1) is 10.6. The molecule has 1 amide bonds. The second kappa shape index (κ2) is 8.04. The lowest BCUT2D eigenvalue weighted by atomic mass is 10.0. The van der Waals surface area contributed by atoms with Crippen LogP contribution >= 0.6 is 11.8 Å². The van der Waals surface area contributed by atoms with Gasteiger partial charge in [-0.2, -0.15) is 0 Å². The van der Waals surface area contributed by atoms with Gasteiger partial charge in [-0.1, -0.05) is 63.2 Å². The Kier molecular flexibility index (Phi) is 6.08. The Morgan fingerprint density at radius 2 is 1.64 bits per heavy atom. The molecule has 2 rings (SSSR count). The number of hydrogen-bond donors (Lipinski definition) is 1. The van der Waals surface area contributed by atoms with E-state index in [4.69, 9.17) is 0 Å². The lowest BCUT2D eigenvalue weighted by Gasteiger charge is -2.15. The van der Waals surface area contributed by atoms with Gasteiger partial charge in [0.05, 0.1) is 5.56 Å². The highest BCUT2D eigenvalue weighted by atomic mass is 32.2. The molecular weight excluding hydrogens is 290 g/mol. The fraction of sp³-hybridized carbons (Fsp3) is 0.316. The normalized spacial score (nSPS) is 12.2. The topological polar surface area (TPSA) is 29.1 Å². The number of thioether (sulfide) groups is 1. The van der Waals surface area contributed by atoms with Crippen molar-refractivity contribution in [3.8, 4) is 0 Å². The summed E-state index contributed by atoms with van der Waals surface area (Å²) in [5, 5.41) is 3.51. The molecule has 2 aromatic carbocycles. The molecule has 1 N–H and O–H groups in total. The number of rotatable bonds is 6. The molecule has 0 saturated carbocycles. The summed E-state index contributed by atoms with van der Waals surface area (Å²) in [7, 11) is 0. The van der Waals surface area contributed by atoms with Gasteiger partial charge in [-0.15, -0.1) is 11.8 Å². The predicted molar refractivity (Wildman–Crippen MR) is 94.6 cm³/mol. The molecule has 0 aliphatic rings. The van der Waals surface area contributed by atoms with Crippen LogP contribution in [0.5, 0.6) is 0 Å². The molecule has 2 aromatic rings. The van der Waals surface area contributed by atoms with E-state index in [0.29, 0.717) is 17.7 Å². The van der Waals surface area contributed by atoms with Gasteiger partial charge in [0.15, 0.2) is 0 Å². The second-order valence-electron chi connectivity index (χ2n) is 5.68. The molecule has 2 nitrogen and oxygen atoms in total. The molecular formula is C19H23NOS. The maximum atomic E-state index is 12.5. The van der Waals surface area contributed by atoms with E-state index in [9.17, 15) is 4.79 Å². The van der Waals surface area contributed by atoms with E-state index in [1.165, 1.54) is 5.56 Å². The third-order valence-electron chi connectivity index (χ3n) is 3.43. The van der Waals surface area contributed by atoms with Crippen molar-refractivity contribution < 1.29 is 4.79 Å². The Balaban J connectivity index is 2.01. The molecule has 0 fully saturated rings. The first-order valence-corrected chi connectivity index (χ1v) is 8.54. The average Bonchev–Trinajstić information content (AvgIpc) is 2.53. The van der Waals surface area contributed by atoms with Crippen LogP contribution in [0.2, 0.25) is 0 Å². The van der Waals surface area contributed by atoms with Crippen molar-refractivity contribution in [3.05, 3.63) is 65.7 Å². The van der Waals surface area contributed by atoms with Crippen LogP contribution < -0.4 is 5.32 Å². The Bertz CT molecular complexity index is 610. The zero-order valence-corrected chi connectivity index (χ0v) is 14.2. The summed E-state index contributed by atoms with van der Waals surface area (Å²) >= 11 is 1.72. The van der Waals surface area contributed by atoms with Crippen molar-refractivity contribution in [1.82, 2.24) is 5.32 Å². The molecule has 0 unspecified atom stereocenters. The molecule has 0 bridgehead atoms. The molecule has 0 spiro atoms. The summed E-state index contributed by atoms with van der Waals surface area (Å²) in [6.07, 6.45) is 0. The van der Waals surface area contributed by atoms with Gasteiger partial charge in [0.1, 0.15) is 0 Å². The van der Waals surface area contributed by atoms with Crippen molar-refractivity contribution >= 4 is 17.7 Å². The molecule has 22 heavy (non-hydrogen) atoms. The fourth-order valence-electron chi connectivity index (χ4n) is 2.25. The minimum absolute atomic E-state index is 0.00605. The van der Waals surface area contributed by atoms with Crippen molar-refractivity contribution in [3.63, 3.8) is 0 Å². The summed E-state index contributed by atoms with van der Waals surface area (Å²) in [5.74, 6) is 0.307. The number of hydrogen-bond acceptors (Lipinski definition) is 2. The number of amides is 1. The lowest BCUT2D eigenvalue weighted by molar-refractivity contribution is 0.0948. The monoisotopic (exact) mass is 313 g/mol. The fourth-order valence-corrected chi connectivity index (χ4v) is 3.20. The van der Waals surface area contributed by atoms with E-state index in [0.717, 1.165) is 10.5 Å². The number of benzene rings is 2. The summed E-state index contributed by atoms with van der Waals surface area (Å²) in [6, 6.07) is 18.1. The summed E-state index contributed by atoms with van der Waals surface area (Å²) < 4.78 is 0. The minimum atomic E-state index is 0.00605. The number of nitrogens with one attached hydrogen (secondary N) is 1. The largest absolute Gasteiger partial charge is 0.351 e. The molecule has 0 aliphatic carbocycles. The van der Waals surface area contributed by atoms with Gasteiger partial charge >= 0.3 is 0 Å². The Morgan fingerprint density at radius 3 is 2.32 bits per heavy atom. The van der Waals surface area contributed by atoms with Crippen LogP contribution in [0.4, 0.5) is 0 Å². The predicted octanol–water partition coefficient (Wildman–Crippen LogP) is 4.72. The van der Waals surface area contributed by atoms with Gasteiger partial charge in [0.2, 0.25) is 0 Å². The van der Waals surface area contributed by atoms with Gasteiger partial charge in [0.25, 0.3) is 5.91 Å².